The summed E-state index contributed by atoms with van der Waals surface area (Å²) in [4.78, 5) is 13.5. The van der Waals surface area contributed by atoms with Crippen molar-refractivity contribution >= 4 is 5.78 Å². The largest absolute Gasteiger partial charge is 0.384 e. The zero-order valence-corrected chi connectivity index (χ0v) is 8.83. The second-order valence-corrected chi connectivity index (χ2v) is 4.02. The minimum absolute atomic E-state index is 0.226. The smallest absolute Gasteiger partial charge is 0.187 e. The normalized spacial score (nSPS) is 20.4. The summed E-state index contributed by atoms with van der Waals surface area (Å²) >= 11 is 0. The third-order valence-corrected chi connectivity index (χ3v) is 2.60. The summed E-state index contributed by atoms with van der Waals surface area (Å²) in [6, 6.07) is 0. The molecule has 1 fully saturated rings. The van der Waals surface area contributed by atoms with Gasteiger partial charge in [0.2, 0.25) is 0 Å². The lowest BCUT2D eigenvalue weighted by atomic mass is 10.1. The molecule has 3 heteroatoms. The maximum absolute atomic E-state index is 11.3. The van der Waals surface area contributed by atoms with Crippen molar-refractivity contribution < 1.29 is 9.90 Å². The zero-order valence-electron chi connectivity index (χ0n) is 8.83. The van der Waals surface area contributed by atoms with Gasteiger partial charge in [-0.15, -0.1) is 0 Å². The number of likely N-dealkylation sites (tertiary alicyclic amines) is 1. The Labute approximate surface area is 85.4 Å². The van der Waals surface area contributed by atoms with Crippen LogP contribution in [-0.4, -0.2) is 41.5 Å². The minimum Gasteiger partial charge on any atom is -0.384 e. The van der Waals surface area contributed by atoms with Crippen molar-refractivity contribution in [2.24, 2.45) is 0 Å². The molecule has 0 aromatic rings. The van der Waals surface area contributed by atoms with Gasteiger partial charge in [0.05, 0.1) is 0 Å². The first-order valence-electron chi connectivity index (χ1n) is 5.21. The Bertz CT molecular complexity index is 219. The standard InChI is InChI=1S/C11H19NO2/c1-9(2)11(14)10(13)8-12-6-4-3-5-7-12/h10,13H,1,3-8H2,2H3. The van der Waals surface area contributed by atoms with E-state index in [1.165, 1.54) is 19.3 Å². The zero-order chi connectivity index (χ0) is 10.6. The SMILES string of the molecule is C=C(C)C(=O)C(O)CN1CCCCC1. The second kappa shape index (κ2) is 5.27. The molecular weight excluding hydrogens is 178 g/mol. The summed E-state index contributed by atoms with van der Waals surface area (Å²) in [6.07, 6.45) is 2.73. The third kappa shape index (κ3) is 3.24. The molecular formula is C11H19NO2. The van der Waals surface area contributed by atoms with E-state index in [2.05, 4.69) is 11.5 Å². The number of nitrogens with zero attached hydrogens (tertiary/aromatic N) is 1. The Morgan fingerprint density at radius 1 is 1.43 bits per heavy atom. The lowest BCUT2D eigenvalue weighted by Gasteiger charge is -2.27. The molecule has 0 spiro atoms. The molecule has 0 aliphatic carbocycles. The van der Waals surface area contributed by atoms with E-state index >= 15 is 0 Å². The highest BCUT2D eigenvalue weighted by Crippen LogP contribution is 2.09. The van der Waals surface area contributed by atoms with Crippen molar-refractivity contribution in [3.63, 3.8) is 0 Å². The van der Waals surface area contributed by atoms with E-state index in [1.54, 1.807) is 6.92 Å². The summed E-state index contributed by atoms with van der Waals surface area (Å²) in [5, 5.41) is 9.59. The molecule has 3 nitrogen and oxygen atoms in total. The van der Waals surface area contributed by atoms with Crippen molar-refractivity contribution in [1.82, 2.24) is 4.90 Å². The van der Waals surface area contributed by atoms with Gasteiger partial charge in [-0.05, 0) is 38.4 Å². The molecule has 1 aliphatic heterocycles. The number of hydrogen-bond donors (Lipinski definition) is 1. The Kier molecular flexibility index (Phi) is 4.29. The van der Waals surface area contributed by atoms with E-state index in [4.69, 9.17) is 0 Å². The first kappa shape index (κ1) is 11.4. The summed E-state index contributed by atoms with van der Waals surface area (Å²) in [5.41, 5.74) is 0.439. The quantitative estimate of drug-likeness (QED) is 0.683. The molecule has 0 bridgehead atoms. The van der Waals surface area contributed by atoms with E-state index in [9.17, 15) is 9.90 Å². The van der Waals surface area contributed by atoms with Gasteiger partial charge >= 0.3 is 0 Å². The van der Waals surface area contributed by atoms with Gasteiger partial charge in [0, 0.05) is 6.54 Å². The van der Waals surface area contributed by atoms with Crippen LogP contribution in [0, 0.1) is 0 Å². The molecule has 0 aromatic heterocycles. The molecule has 1 unspecified atom stereocenters. The fourth-order valence-electron chi connectivity index (χ4n) is 1.75. The van der Waals surface area contributed by atoms with Crippen LogP contribution in [0.2, 0.25) is 0 Å². The highest BCUT2D eigenvalue weighted by molar-refractivity contribution is 5.97. The lowest BCUT2D eigenvalue weighted by Crippen LogP contribution is -2.39. The molecule has 1 saturated heterocycles. The fourth-order valence-corrected chi connectivity index (χ4v) is 1.75. The van der Waals surface area contributed by atoms with Crippen LogP contribution in [0.5, 0.6) is 0 Å². The van der Waals surface area contributed by atoms with Crippen LogP contribution in [0.4, 0.5) is 0 Å². The van der Waals surface area contributed by atoms with Gasteiger partial charge in [-0.3, -0.25) is 4.79 Å². The first-order chi connectivity index (χ1) is 6.61. The number of β-amino-alcohol motifs (C(OH)–C–C–N with tert-alkyl or cyclic N) is 1. The maximum Gasteiger partial charge on any atom is 0.187 e. The number of carbonyl (C=O) groups is 1. The Morgan fingerprint density at radius 3 is 2.50 bits per heavy atom. The van der Waals surface area contributed by atoms with Crippen LogP contribution >= 0.6 is 0 Å². The molecule has 80 valence electrons. The van der Waals surface area contributed by atoms with E-state index in [1.807, 2.05) is 0 Å². The van der Waals surface area contributed by atoms with Gasteiger partial charge in [0.1, 0.15) is 6.10 Å². The van der Waals surface area contributed by atoms with Crippen LogP contribution in [0.3, 0.4) is 0 Å². The second-order valence-electron chi connectivity index (χ2n) is 4.02. The molecule has 0 saturated carbocycles. The van der Waals surface area contributed by atoms with Crippen LogP contribution in [0.1, 0.15) is 26.2 Å². The molecule has 14 heavy (non-hydrogen) atoms. The molecule has 1 atom stereocenters. The summed E-state index contributed by atoms with van der Waals surface area (Å²) in [7, 11) is 0. The third-order valence-electron chi connectivity index (χ3n) is 2.60. The number of rotatable bonds is 4. The van der Waals surface area contributed by atoms with Gasteiger partial charge in [-0.1, -0.05) is 13.0 Å². The van der Waals surface area contributed by atoms with E-state index < -0.39 is 6.10 Å². The number of Topliss-reactive ketones (excluding diaryl/α,β-unsaturated/α-hetero) is 1. The highest BCUT2D eigenvalue weighted by Gasteiger charge is 2.20. The van der Waals surface area contributed by atoms with Gasteiger partial charge in [-0.25, -0.2) is 0 Å². The first-order valence-corrected chi connectivity index (χ1v) is 5.21. The van der Waals surface area contributed by atoms with E-state index in [0.717, 1.165) is 13.1 Å². The van der Waals surface area contributed by atoms with Crippen molar-refractivity contribution in [3.05, 3.63) is 12.2 Å². The molecule has 0 radical (unpaired) electrons. The predicted octanol–water partition coefficient (Wildman–Crippen LogP) is 0.978. The average Bonchev–Trinajstić information content (AvgIpc) is 2.18. The van der Waals surface area contributed by atoms with Gasteiger partial charge in [0.25, 0.3) is 0 Å². The Morgan fingerprint density at radius 2 is 2.00 bits per heavy atom. The molecule has 1 rings (SSSR count). The van der Waals surface area contributed by atoms with Crippen LogP contribution in [0.15, 0.2) is 12.2 Å². The van der Waals surface area contributed by atoms with Crippen molar-refractivity contribution in [2.45, 2.75) is 32.3 Å². The van der Waals surface area contributed by atoms with Gasteiger partial charge in [0.15, 0.2) is 5.78 Å². The number of carbonyl (C=O) groups excluding carboxylic acids is 1. The van der Waals surface area contributed by atoms with Crippen molar-refractivity contribution in [1.29, 1.82) is 0 Å². The minimum atomic E-state index is -0.884. The molecule has 0 amide bonds. The molecule has 0 aromatic carbocycles. The van der Waals surface area contributed by atoms with Crippen LogP contribution in [0.25, 0.3) is 0 Å². The van der Waals surface area contributed by atoms with Crippen LogP contribution < -0.4 is 0 Å². The number of ketones is 1. The van der Waals surface area contributed by atoms with Crippen LogP contribution in [-0.2, 0) is 4.79 Å². The fraction of sp³-hybridized carbons (Fsp3) is 0.727. The van der Waals surface area contributed by atoms with Gasteiger partial charge < -0.3 is 10.0 Å². The predicted molar refractivity (Wildman–Crippen MR) is 56.1 cm³/mol. The summed E-state index contributed by atoms with van der Waals surface area (Å²) in [6.45, 7) is 7.65. The molecule has 1 aliphatic rings. The van der Waals surface area contributed by atoms with Crippen molar-refractivity contribution in [2.75, 3.05) is 19.6 Å². The Hall–Kier alpha value is -0.670. The van der Waals surface area contributed by atoms with E-state index in [0.29, 0.717) is 12.1 Å². The summed E-state index contributed by atoms with van der Waals surface area (Å²) < 4.78 is 0. The average molecular weight is 197 g/mol. The van der Waals surface area contributed by atoms with Crippen molar-refractivity contribution in [3.8, 4) is 0 Å². The lowest BCUT2D eigenvalue weighted by molar-refractivity contribution is -0.124. The molecule has 1 heterocycles. The maximum atomic E-state index is 11.3. The Balaban J connectivity index is 2.35. The highest BCUT2D eigenvalue weighted by atomic mass is 16.3. The number of aliphatic hydroxyl groups is 1. The summed E-state index contributed by atoms with van der Waals surface area (Å²) in [5.74, 6) is -0.226. The monoisotopic (exact) mass is 197 g/mol. The topological polar surface area (TPSA) is 40.5 Å². The van der Waals surface area contributed by atoms with E-state index in [-0.39, 0.29) is 5.78 Å². The number of hydrogen-bond acceptors (Lipinski definition) is 3. The molecule has 1 N–H and O–H groups in total. The number of piperidine rings is 1. The van der Waals surface area contributed by atoms with Gasteiger partial charge in [-0.2, -0.15) is 0 Å². The number of aliphatic hydroxyl groups excluding tert-OH is 1.